The maximum absolute atomic E-state index is 12.3. The van der Waals surface area contributed by atoms with Gasteiger partial charge in [-0.3, -0.25) is 25.2 Å². The summed E-state index contributed by atoms with van der Waals surface area (Å²) in [7, 11) is 1.48. The second-order valence-corrected chi connectivity index (χ2v) is 6.31. The van der Waals surface area contributed by atoms with Gasteiger partial charge >= 0.3 is 0 Å². The van der Waals surface area contributed by atoms with Crippen molar-refractivity contribution in [1.29, 1.82) is 0 Å². The van der Waals surface area contributed by atoms with Gasteiger partial charge in [0, 0.05) is 17.8 Å². The number of carbonyl (C=O) groups excluding carboxylic acids is 2. The molecule has 154 valence electrons. The van der Waals surface area contributed by atoms with Crippen molar-refractivity contribution in [2.45, 2.75) is 13.2 Å². The predicted octanol–water partition coefficient (Wildman–Crippen LogP) is 1.90. The highest BCUT2D eigenvalue weighted by Crippen LogP contribution is 2.28. The maximum atomic E-state index is 12.3. The number of benzene rings is 2. The Hall–Kier alpha value is -4.07. The highest BCUT2D eigenvalue weighted by Gasteiger charge is 2.13. The molecule has 1 heterocycles. The minimum Gasteiger partial charge on any atom is -0.493 e. The lowest BCUT2D eigenvalue weighted by atomic mass is 10.2. The molecule has 0 unspecified atom stereocenters. The Balaban J connectivity index is 1.58. The lowest BCUT2D eigenvalue weighted by molar-refractivity contribution is -0.122. The van der Waals surface area contributed by atoms with Crippen LogP contribution in [0.1, 0.15) is 15.9 Å². The van der Waals surface area contributed by atoms with Crippen LogP contribution in [0.2, 0.25) is 0 Å². The van der Waals surface area contributed by atoms with Gasteiger partial charge in [-0.2, -0.15) is 0 Å². The second-order valence-electron chi connectivity index (χ2n) is 6.31. The van der Waals surface area contributed by atoms with E-state index in [0.717, 1.165) is 5.56 Å². The molecule has 2 N–H and O–H groups in total. The van der Waals surface area contributed by atoms with Crippen molar-refractivity contribution < 1.29 is 19.1 Å². The van der Waals surface area contributed by atoms with E-state index in [0.29, 0.717) is 18.1 Å². The molecule has 0 bridgehead atoms. The van der Waals surface area contributed by atoms with Crippen molar-refractivity contribution >= 4 is 11.8 Å². The van der Waals surface area contributed by atoms with Crippen molar-refractivity contribution in [2.75, 3.05) is 7.11 Å². The maximum Gasteiger partial charge on any atom is 0.269 e. The minimum atomic E-state index is -0.536. The van der Waals surface area contributed by atoms with Crippen molar-refractivity contribution in [2.24, 2.45) is 0 Å². The summed E-state index contributed by atoms with van der Waals surface area (Å²) in [5, 5.41) is 0. The van der Waals surface area contributed by atoms with E-state index in [4.69, 9.17) is 9.47 Å². The van der Waals surface area contributed by atoms with E-state index in [1.807, 2.05) is 30.3 Å². The van der Waals surface area contributed by atoms with Crippen LogP contribution in [0, 0.1) is 0 Å². The summed E-state index contributed by atoms with van der Waals surface area (Å²) < 4.78 is 12.3. The van der Waals surface area contributed by atoms with Gasteiger partial charge in [0.25, 0.3) is 17.4 Å². The number of carbonyl (C=O) groups is 2. The highest BCUT2D eigenvalue weighted by molar-refractivity contribution is 5.96. The zero-order chi connectivity index (χ0) is 21.3. The van der Waals surface area contributed by atoms with Gasteiger partial charge in [-0.15, -0.1) is 0 Å². The van der Waals surface area contributed by atoms with Crippen LogP contribution < -0.4 is 25.9 Å². The minimum absolute atomic E-state index is 0.213. The van der Waals surface area contributed by atoms with E-state index in [9.17, 15) is 14.4 Å². The summed E-state index contributed by atoms with van der Waals surface area (Å²) in [6.45, 7) is 0.146. The molecule has 0 atom stereocenters. The average Bonchev–Trinajstić information content (AvgIpc) is 2.78. The molecule has 8 heteroatoms. The molecule has 0 radical (unpaired) electrons. The molecule has 0 spiro atoms. The summed E-state index contributed by atoms with van der Waals surface area (Å²) in [6, 6.07) is 18.9. The number of hydrogen-bond donors (Lipinski definition) is 2. The Morgan fingerprint density at radius 1 is 0.933 bits per heavy atom. The van der Waals surface area contributed by atoms with Gasteiger partial charge in [0.2, 0.25) is 0 Å². The molecule has 0 saturated carbocycles. The molecular formula is C22H21N3O5. The zero-order valence-electron chi connectivity index (χ0n) is 16.3. The summed E-state index contributed by atoms with van der Waals surface area (Å²) in [5.74, 6) is -0.186. The highest BCUT2D eigenvalue weighted by atomic mass is 16.5. The molecule has 30 heavy (non-hydrogen) atoms. The quantitative estimate of drug-likeness (QED) is 0.583. The third-order valence-corrected chi connectivity index (χ3v) is 4.19. The standard InChI is InChI=1S/C22H21N3O5/c1-29-19-13-17(10-11-18(19)30-15-16-7-3-2-4-8-16)22(28)24-23-20(26)14-25-12-6-5-9-21(25)27/h2-13H,14-15H2,1H3,(H,23,26)(H,24,28). The van der Waals surface area contributed by atoms with Gasteiger partial charge in [0.05, 0.1) is 7.11 Å². The molecule has 1 aromatic heterocycles. The average molecular weight is 407 g/mol. The first-order chi connectivity index (χ1) is 14.6. The van der Waals surface area contributed by atoms with Gasteiger partial charge in [-0.25, -0.2) is 0 Å². The molecule has 8 nitrogen and oxygen atoms in total. The smallest absolute Gasteiger partial charge is 0.269 e. The first kappa shape index (κ1) is 20.7. The van der Waals surface area contributed by atoms with Gasteiger partial charge < -0.3 is 14.0 Å². The van der Waals surface area contributed by atoms with E-state index in [2.05, 4.69) is 10.9 Å². The number of aromatic nitrogens is 1. The Morgan fingerprint density at radius 2 is 1.70 bits per heavy atom. The number of pyridine rings is 1. The van der Waals surface area contributed by atoms with Gasteiger partial charge in [0.1, 0.15) is 13.2 Å². The third-order valence-electron chi connectivity index (χ3n) is 4.19. The number of hydrazine groups is 1. The number of ether oxygens (including phenoxy) is 2. The number of rotatable bonds is 7. The number of hydrogen-bond acceptors (Lipinski definition) is 5. The van der Waals surface area contributed by atoms with Gasteiger partial charge in [-0.1, -0.05) is 36.4 Å². The Bertz CT molecular complexity index is 1080. The fourth-order valence-electron chi connectivity index (χ4n) is 2.65. The van der Waals surface area contributed by atoms with Crippen LogP contribution in [0.3, 0.4) is 0 Å². The first-order valence-corrected chi connectivity index (χ1v) is 9.16. The molecule has 2 amide bonds. The second kappa shape index (κ2) is 9.92. The molecule has 0 aliphatic carbocycles. The predicted molar refractivity (Wildman–Crippen MR) is 110 cm³/mol. The number of nitrogens with one attached hydrogen (secondary N) is 2. The van der Waals surface area contributed by atoms with E-state index in [-0.39, 0.29) is 17.7 Å². The number of methoxy groups -OCH3 is 1. The molecule has 0 aliphatic rings. The van der Waals surface area contributed by atoms with E-state index in [1.165, 1.54) is 30.0 Å². The molecule has 2 aromatic carbocycles. The van der Waals surface area contributed by atoms with Crippen molar-refractivity contribution in [3.8, 4) is 11.5 Å². The van der Waals surface area contributed by atoms with Crippen molar-refractivity contribution in [3.63, 3.8) is 0 Å². The van der Waals surface area contributed by atoms with E-state index >= 15 is 0 Å². The fraction of sp³-hybridized carbons (Fsp3) is 0.136. The Morgan fingerprint density at radius 3 is 2.43 bits per heavy atom. The van der Waals surface area contributed by atoms with Gasteiger partial charge in [0.15, 0.2) is 11.5 Å². The molecule has 3 rings (SSSR count). The summed E-state index contributed by atoms with van der Waals surface area (Å²) in [5.41, 5.74) is 5.57. The third kappa shape index (κ3) is 5.48. The summed E-state index contributed by atoms with van der Waals surface area (Å²) >= 11 is 0. The lowest BCUT2D eigenvalue weighted by Crippen LogP contribution is -2.44. The van der Waals surface area contributed by atoms with E-state index < -0.39 is 11.8 Å². The number of amides is 2. The zero-order valence-corrected chi connectivity index (χ0v) is 16.3. The topological polar surface area (TPSA) is 98.7 Å². The van der Waals surface area contributed by atoms with Crippen LogP contribution in [0.4, 0.5) is 0 Å². The summed E-state index contributed by atoms with van der Waals surface area (Å²) in [4.78, 5) is 35.9. The number of nitrogens with zero attached hydrogens (tertiary/aromatic N) is 1. The van der Waals surface area contributed by atoms with E-state index in [1.54, 1.807) is 24.3 Å². The molecule has 0 fully saturated rings. The monoisotopic (exact) mass is 407 g/mol. The molecule has 3 aromatic rings. The first-order valence-electron chi connectivity index (χ1n) is 9.16. The van der Waals surface area contributed by atoms with Crippen LogP contribution in [0.15, 0.2) is 77.7 Å². The largest absolute Gasteiger partial charge is 0.493 e. The van der Waals surface area contributed by atoms with Crippen LogP contribution >= 0.6 is 0 Å². The normalized spacial score (nSPS) is 10.2. The molecule has 0 aliphatic heterocycles. The van der Waals surface area contributed by atoms with Crippen LogP contribution in [-0.4, -0.2) is 23.5 Å². The fourth-order valence-corrected chi connectivity index (χ4v) is 2.65. The van der Waals surface area contributed by atoms with Crippen LogP contribution in [0.5, 0.6) is 11.5 Å². The lowest BCUT2D eigenvalue weighted by Gasteiger charge is -2.13. The Kier molecular flexibility index (Phi) is 6.83. The molecular weight excluding hydrogens is 386 g/mol. The Labute approximate surface area is 173 Å². The van der Waals surface area contributed by atoms with Crippen molar-refractivity contribution in [3.05, 3.63) is 94.4 Å². The van der Waals surface area contributed by atoms with Crippen LogP contribution in [0.25, 0.3) is 0 Å². The SMILES string of the molecule is COc1cc(C(=O)NNC(=O)Cn2ccccc2=O)ccc1OCc1ccccc1. The van der Waals surface area contributed by atoms with Crippen LogP contribution in [-0.2, 0) is 17.9 Å². The van der Waals surface area contributed by atoms with Crippen molar-refractivity contribution in [1.82, 2.24) is 15.4 Å². The molecule has 0 saturated heterocycles. The summed E-state index contributed by atoms with van der Waals surface area (Å²) in [6.07, 6.45) is 1.49. The van der Waals surface area contributed by atoms with Gasteiger partial charge in [-0.05, 0) is 29.8 Å².